The summed E-state index contributed by atoms with van der Waals surface area (Å²) in [6.07, 6.45) is 2.00. The lowest BCUT2D eigenvalue weighted by atomic mass is 10.1. The van der Waals surface area contributed by atoms with Gasteiger partial charge >= 0.3 is 5.97 Å². The van der Waals surface area contributed by atoms with Crippen molar-refractivity contribution in [1.29, 1.82) is 0 Å². The molecule has 4 rings (SSSR count). The Bertz CT molecular complexity index is 1220. The first-order valence-corrected chi connectivity index (χ1v) is 10.9. The molecule has 0 spiro atoms. The Morgan fingerprint density at radius 1 is 1.06 bits per heavy atom. The van der Waals surface area contributed by atoms with Gasteiger partial charge in [0.05, 0.1) is 22.1 Å². The van der Waals surface area contributed by atoms with Gasteiger partial charge < -0.3 is 9.84 Å². The minimum absolute atomic E-state index is 0.222. The van der Waals surface area contributed by atoms with Crippen LogP contribution < -0.4 is 4.74 Å². The van der Waals surface area contributed by atoms with Crippen molar-refractivity contribution in [2.45, 2.75) is 33.8 Å². The molecule has 0 unspecified atom stereocenters. The first kappa shape index (κ1) is 24.0. The maximum Gasteiger partial charge on any atom is 0.303 e. The van der Waals surface area contributed by atoms with Gasteiger partial charge in [-0.25, -0.2) is 4.68 Å². The summed E-state index contributed by atoms with van der Waals surface area (Å²) in [4.78, 5) is 14.0. The zero-order valence-electron chi connectivity index (χ0n) is 18.8. The molecule has 170 valence electrons. The first-order chi connectivity index (χ1) is 15.9. The highest BCUT2D eigenvalue weighted by Crippen LogP contribution is 2.33. The largest absolute Gasteiger partial charge is 0.487 e. The van der Waals surface area contributed by atoms with Gasteiger partial charge in [-0.2, -0.15) is 5.10 Å². The number of pyridine rings is 1. The van der Waals surface area contributed by atoms with E-state index >= 15 is 0 Å². The molecule has 0 aliphatic rings. The maximum absolute atomic E-state index is 9.37. The summed E-state index contributed by atoms with van der Waals surface area (Å²) < 4.78 is 7.89. The van der Waals surface area contributed by atoms with Gasteiger partial charge in [0.1, 0.15) is 12.4 Å². The van der Waals surface area contributed by atoms with Crippen LogP contribution in [0.1, 0.15) is 30.3 Å². The summed E-state index contributed by atoms with van der Waals surface area (Å²) in [6.45, 7) is 6.07. The van der Waals surface area contributed by atoms with E-state index in [1.54, 1.807) is 13.1 Å². The van der Waals surface area contributed by atoms with Crippen molar-refractivity contribution in [2.24, 2.45) is 0 Å². The van der Waals surface area contributed by atoms with Gasteiger partial charge in [-0.3, -0.25) is 9.78 Å². The lowest BCUT2D eigenvalue weighted by Crippen LogP contribution is -2.03. The molecule has 0 saturated carbocycles. The van der Waals surface area contributed by atoms with Crippen LogP contribution in [0.2, 0.25) is 5.02 Å². The molecule has 0 atom stereocenters. The van der Waals surface area contributed by atoms with Crippen LogP contribution in [0.5, 0.6) is 5.75 Å². The van der Waals surface area contributed by atoms with Gasteiger partial charge in [0.25, 0.3) is 0 Å². The van der Waals surface area contributed by atoms with Gasteiger partial charge in [0.2, 0.25) is 0 Å². The number of hydrogen-bond acceptors (Lipinski definition) is 4. The van der Waals surface area contributed by atoms with Gasteiger partial charge in [-0.15, -0.1) is 0 Å². The fourth-order valence-electron chi connectivity index (χ4n) is 3.16. The number of nitrogens with zero attached hydrogens (tertiary/aromatic N) is 3. The van der Waals surface area contributed by atoms with Crippen LogP contribution in [0.3, 0.4) is 0 Å². The molecule has 0 fully saturated rings. The topological polar surface area (TPSA) is 77.2 Å². The third-order valence-corrected chi connectivity index (χ3v) is 5.08. The van der Waals surface area contributed by atoms with Gasteiger partial charge in [0, 0.05) is 23.9 Å². The van der Waals surface area contributed by atoms with Crippen molar-refractivity contribution >= 4 is 17.6 Å². The number of hydrogen-bond donors (Lipinski definition) is 1. The molecular weight excluding hydrogens is 438 g/mol. The van der Waals surface area contributed by atoms with Crippen molar-refractivity contribution in [3.63, 3.8) is 0 Å². The van der Waals surface area contributed by atoms with Crippen LogP contribution in [0.4, 0.5) is 0 Å². The molecule has 1 N–H and O–H groups in total. The number of aromatic nitrogens is 3. The summed E-state index contributed by atoms with van der Waals surface area (Å²) >= 11 is 6.37. The molecule has 2 aromatic heterocycles. The lowest BCUT2D eigenvalue weighted by molar-refractivity contribution is -0.136. The zero-order valence-corrected chi connectivity index (χ0v) is 19.6. The number of rotatable bonds is 6. The molecule has 33 heavy (non-hydrogen) atoms. The Labute approximate surface area is 198 Å². The van der Waals surface area contributed by atoms with E-state index in [-0.39, 0.29) is 6.42 Å². The van der Waals surface area contributed by atoms with Crippen LogP contribution in [-0.4, -0.2) is 25.8 Å². The number of carbonyl (C=O) groups is 1. The second-order valence-corrected chi connectivity index (χ2v) is 7.78. The van der Waals surface area contributed by atoms with E-state index in [4.69, 9.17) is 21.4 Å². The zero-order chi connectivity index (χ0) is 23.8. The Kier molecular flexibility index (Phi) is 8.22. The number of ether oxygens (including phenoxy) is 1. The highest BCUT2D eigenvalue weighted by molar-refractivity contribution is 6.32. The van der Waals surface area contributed by atoms with Crippen LogP contribution in [0.15, 0.2) is 72.9 Å². The molecule has 0 radical (unpaired) electrons. The summed E-state index contributed by atoms with van der Waals surface area (Å²) in [5.41, 5.74) is 5.79. The molecule has 2 heterocycles. The van der Waals surface area contributed by atoms with Crippen LogP contribution in [-0.2, 0) is 11.4 Å². The normalized spacial score (nSPS) is 10.3. The van der Waals surface area contributed by atoms with Crippen molar-refractivity contribution in [3.05, 3.63) is 94.9 Å². The Morgan fingerprint density at radius 2 is 1.79 bits per heavy atom. The van der Waals surface area contributed by atoms with Gasteiger partial charge in [0.15, 0.2) is 0 Å². The quantitative estimate of drug-likeness (QED) is 0.365. The number of aliphatic carboxylic acids is 1. The second-order valence-electron chi connectivity index (χ2n) is 7.38. The minimum atomic E-state index is -0.745. The van der Waals surface area contributed by atoms with E-state index in [1.807, 2.05) is 85.3 Å². The predicted octanol–water partition coefficient (Wildman–Crippen LogP) is 6.26. The summed E-state index contributed by atoms with van der Waals surface area (Å²) in [6, 6.07) is 21.7. The Balaban J connectivity index is 0.000000555. The van der Waals surface area contributed by atoms with Crippen molar-refractivity contribution < 1.29 is 14.6 Å². The molecule has 0 saturated heterocycles. The van der Waals surface area contributed by atoms with Crippen molar-refractivity contribution in [3.8, 4) is 22.7 Å². The molecule has 7 heteroatoms. The molecule has 0 aliphatic heterocycles. The molecule has 0 aliphatic carbocycles. The number of carboxylic acids is 1. The fraction of sp³-hybridized carbons (Fsp3) is 0.192. The monoisotopic (exact) mass is 463 g/mol. The molecule has 2 aromatic carbocycles. The van der Waals surface area contributed by atoms with Crippen molar-refractivity contribution in [1.82, 2.24) is 14.8 Å². The predicted molar refractivity (Wildman–Crippen MR) is 130 cm³/mol. The fourth-order valence-corrected chi connectivity index (χ4v) is 3.33. The third-order valence-electron chi connectivity index (χ3n) is 4.77. The van der Waals surface area contributed by atoms with E-state index < -0.39 is 5.97 Å². The average Bonchev–Trinajstić information content (AvgIpc) is 3.17. The van der Waals surface area contributed by atoms with E-state index in [1.165, 1.54) is 0 Å². The summed E-state index contributed by atoms with van der Waals surface area (Å²) in [7, 11) is 0. The van der Waals surface area contributed by atoms with Crippen molar-refractivity contribution in [2.75, 3.05) is 0 Å². The second kappa shape index (κ2) is 11.3. The highest BCUT2D eigenvalue weighted by Gasteiger charge is 2.14. The molecule has 0 amide bonds. The SMILES string of the molecule is CCC(=O)O.Cc1cc(C)n(-c2cccnc2-c2ccc(Cl)c(OCc3ccccc3)c2)n1. The molecule has 4 aromatic rings. The standard InChI is InChI=1S/C23H20ClN3O.C3H6O2/c1-16-13-17(2)27(26-16)21-9-6-12-25-23(21)19-10-11-20(24)22(14-19)28-15-18-7-4-3-5-8-18;1-2-3(4)5/h3-14H,15H2,1-2H3;2H2,1H3,(H,4,5). The van der Waals surface area contributed by atoms with Crippen LogP contribution in [0.25, 0.3) is 16.9 Å². The lowest BCUT2D eigenvalue weighted by Gasteiger charge is -2.13. The molecular formula is C26H26ClN3O3. The third kappa shape index (κ3) is 6.43. The minimum Gasteiger partial charge on any atom is -0.487 e. The van der Waals surface area contributed by atoms with E-state index in [0.717, 1.165) is 33.9 Å². The smallest absolute Gasteiger partial charge is 0.303 e. The van der Waals surface area contributed by atoms with E-state index in [2.05, 4.69) is 10.1 Å². The van der Waals surface area contributed by atoms with E-state index in [0.29, 0.717) is 17.4 Å². The first-order valence-electron chi connectivity index (χ1n) is 10.6. The number of carboxylic acid groups (broad SMARTS) is 1. The summed E-state index contributed by atoms with van der Waals surface area (Å²) in [5.74, 6) is -0.113. The number of benzene rings is 2. The van der Waals surface area contributed by atoms with Crippen LogP contribution >= 0.6 is 11.6 Å². The summed E-state index contributed by atoms with van der Waals surface area (Å²) in [5, 5.41) is 12.9. The highest BCUT2D eigenvalue weighted by atomic mass is 35.5. The Hall–Kier alpha value is -3.64. The number of halogens is 1. The van der Waals surface area contributed by atoms with Gasteiger partial charge in [-0.05, 0) is 49.7 Å². The van der Waals surface area contributed by atoms with Crippen LogP contribution in [0, 0.1) is 13.8 Å². The van der Waals surface area contributed by atoms with Gasteiger partial charge in [-0.1, -0.05) is 54.9 Å². The molecule has 0 bridgehead atoms. The van der Waals surface area contributed by atoms with E-state index in [9.17, 15) is 4.79 Å². The number of aryl methyl sites for hydroxylation is 2. The average molecular weight is 464 g/mol. The molecule has 6 nitrogen and oxygen atoms in total. The maximum atomic E-state index is 9.37. The Morgan fingerprint density at radius 3 is 2.42 bits per heavy atom.